The summed E-state index contributed by atoms with van der Waals surface area (Å²) < 4.78 is 0. The van der Waals surface area contributed by atoms with Gasteiger partial charge in [-0.15, -0.1) is 0 Å². The Morgan fingerprint density at radius 3 is 2.54 bits per heavy atom. The first-order valence-corrected chi connectivity index (χ1v) is 5.67. The summed E-state index contributed by atoms with van der Waals surface area (Å²) in [6.07, 6.45) is 3.73. The van der Waals surface area contributed by atoms with E-state index in [9.17, 15) is 0 Å². The average Bonchev–Trinajstić information content (AvgIpc) is 2.89. The minimum Gasteiger partial charge on any atom is -0.360 e. The van der Waals surface area contributed by atoms with Crippen LogP contribution in [-0.4, -0.2) is 28.6 Å². The van der Waals surface area contributed by atoms with Crippen LogP contribution in [0.1, 0.15) is 40.0 Å². The number of hydrogen-bond acceptors (Lipinski definition) is 1. The molecule has 3 heteroatoms. The van der Waals surface area contributed by atoms with Crippen molar-refractivity contribution in [3.8, 4) is 0 Å². The van der Waals surface area contributed by atoms with E-state index in [2.05, 4.69) is 31.0 Å². The fraction of sp³-hybridized carbons (Fsp3) is 0.900. The van der Waals surface area contributed by atoms with Gasteiger partial charge in [-0.2, -0.15) is 0 Å². The normalized spacial score (nSPS) is 18.1. The molecule has 1 N–H and O–H groups in total. The van der Waals surface area contributed by atoms with Crippen molar-refractivity contribution >= 4 is 17.3 Å². The Morgan fingerprint density at radius 1 is 1.54 bits per heavy atom. The van der Waals surface area contributed by atoms with Crippen molar-refractivity contribution in [2.24, 2.45) is 0 Å². The summed E-state index contributed by atoms with van der Waals surface area (Å²) in [5.41, 5.74) is 0. The highest BCUT2D eigenvalue weighted by molar-refractivity contribution is 7.80. The maximum Gasteiger partial charge on any atom is 0.169 e. The predicted octanol–water partition coefficient (Wildman–Crippen LogP) is 2.14. The van der Waals surface area contributed by atoms with Gasteiger partial charge in [0.25, 0.3) is 0 Å². The van der Waals surface area contributed by atoms with Crippen molar-refractivity contribution < 1.29 is 0 Å². The Labute approximate surface area is 86.7 Å². The summed E-state index contributed by atoms with van der Waals surface area (Å²) in [5.74, 6) is 0. The van der Waals surface area contributed by atoms with Crippen molar-refractivity contribution in [3.05, 3.63) is 0 Å². The van der Waals surface area contributed by atoms with Crippen LogP contribution in [0.5, 0.6) is 0 Å². The van der Waals surface area contributed by atoms with Crippen molar-refractivity contribution in [2.75, 3.05) is 6.54 Å². The fourth-order valence-corrected chi connectivity index (χ4v) is 1.84. The van der Waals surface area contributed by atoms with E-state index in [1.807, 2.05) is 0 Å². The molecule has 2 nitrogen and oxygen atoms in total. The molecule has 0 bridgehead atoms. The highest BCUT2D eigenvalue weighted by atomic mass is 32.1. The van der Waals surface area contributed by atoms with Crippen molar-refractivity contribution in [3.63, 3.8) is 0 Å². The summed E-state index contributed by atoms with van der Waals surface area (Å²) >= 11 is 5.35. The second-order valence-electron chi connectivity index (χ2n) is 3.77. The zero-order chi connectivity index (χ0) is 9.84. The minimum absolute atomic E-state index is 0.559. The summed E-state index contributed by atoms with van der Waals surface area (Å²) in [7, 11) is 0. The first kappa shape index (κ1) is 10.8. The lowest BCUT2D eigenvalue weighted by Gasteiger charge is -2.30. The third kappa shape index (κ3) is 3.14. The number of rotatable bonds is 4. The second-order valence-corrected chi connectivity index (χ2v) is 4.15. The zero-order valence-electron chi connectivity index (χ0n) is 8.84. The van der Waals surface area contributed by atoms with Crippen LogP contribution >= 0.6 is 12.2 Å². The molecule has 1 atom stereocenters. The van der Waals surface area contributed by atoms with E-state index < -0.39 is 0 Å². The van der Waals surface area contributed by atoms with E-state index in [1.165, 1.54) is 12.8 Å². The zero-order valence-corrected chi connectivity index (χ0v) is 9.66. The number of nitrogens with one attached hydrogen (secondary N) is 1. The Morgan fingerprint density at radius 2 is 2.15 bits per heavy atom. The Balaban J connectivity index is 2.38. The Hall–Kier alpha value is -0.310. The topological polar surface area (TPSA) is 15.3 Å². The first-order chi connectivity index (χ1) is 6.19. The lowest BCUT2D eigenvalue weighted by molar-refractivity contribution is 0.332. The number of thiocarbonyl (C=S) groups is 1. The van der Waals surface area contributed by atoms with Crippen LogP contribution in [0.25, 0.3) is 0 Å². The molecule has 1 unspecified atom stereocenters. The quantitative estimate of drug-likeness (QED) is 0.700. The van der Waals surface area contributed by atoms with Gasteiger partial charge in [0.2, 0.25) is 0 Å². The summed E-state index contributed by atoms with van der Waals surface area (Å²) in [4.78, 5) is 2.27. The molecule has 0 aliphatic heterocycles. The molecule has 1 saturated carbocycles. The highest BCUT2D eigenvalue weighted by Crippen LogP contribution is 2.19. The predicted molar refractivity (Wildman–Crippen MR) is 60.9 cm³/mol. The van der Waals surface area contributed by atoms with E-state index in [4.69, 9.17) is 12.2 Å². The molecule has 0 aromatic carbocycles. The van der Waals surface area contributed by atoms with Gasteiger partial charge in [-0.05, 0) is 45.3 Å². The second kappa shape index (κ2) is 4.80. The van der Waals surface area contributed by atoms with Crippen molar-refractivity contribution in [2.45, 2.75) is 52.1 Å². The van der Waals surface area contributed by atoms with E-state index in [-0.39, 0.29) is 0 Å². The van der Waals surface area contributed by atoms with Crippen LogP contribution in [0, 0.1) is 0 Å². The van der Waals surface area contributed by atoms with Crippen LogP contribution < -0.4 is 5.32 Å². The molecular weight excluding hydrogens is 180 g/mol. The molecular formula is C10H20N2S. The molecule has 0 spiro atoms. The largest absolute Gasteiger partial charge is 0.360 e. The van der Waals surface area contributed by atoms with E-state index in [0.717, 1.165) is 18.1 Å². The van der Waals surface area contributed by atoms with Crippen LogP contribution in [0.2, 0.25) is 0 Å². The van der Waals surface area contributed by atoms with Gasteiger partial charge in [0.15, 0.2) is 5.11 Å². The lowest BCUT2D eigenvalue weighted by Crippen LogP contribution is -2.45. The molecule has 13 heavy (non-hydrogen) atoms. The molecule has 1 aliphatic carbocycles. The van der Waals surface area contributed by atoms with Gasteiger partial charge in [0, 0.05) is 18.6 Å². The van der Waals surface area contributed by atoms with Gasteiger partial charge in [0.05, 0.1) is 0 Å². The molecule has 0 aromatic rings. The van der Waals surface area contributed by atoms with Gasteiger partial charge in [-0.3, -0.25) is 0 Å². The molecule has 1 rings (SSSR count). The van der Waals surface area contributed by atoms with Gasteiger partial charge >= 0.3 is 0 Å². The molecule has 0 heterocycles. The first-order valence-electron chi connectivity index (χ1n) is 5.26. The SMILES string of the molecule is CCC(C)N(CC)C(=S)NC1CC1. The summed E-state index contributed by atoms with van der Waals surface area (Å²) in [6.45, 7) is 7.60. The van der Waals surface area contributed by atoms with Crippen molar-refractivity contribution in [1.82, 2.24) is 10.2 Å². The van der Waals surface area contributed by atoms with Gasteiger partial charge in [0.1, 0.15) is 0 Å². The fourth-order valence-electron chi connectivity index (χ4n) is 1.36. The van der Waals surface area contributed by atoms with Gasteiger partial charge in [-0.25, -0.2) is 0 Å². The maximum absolute atomic E-state index is 5.35. The van der Waals surface area contributed by atoms with Gasteiger partial charge in [-0.1, -0.05) is 6.92 Å². The molecule has 1 fully saturated rings. The van der Waals surface area contributed by atoms with E-state index in [1.54, 1.807) is 0 Å². The minimum atomic E-state index is 0.559. The molecule has 0 amide bonds. The van der Waals surface area contributed by atoms with Gasteiger partial charge < -0.3 is 10.2 Å². The monoisotopic (exact) mass is 200 g/mol. The molecule has 0 aromatic heterocycles. The van der Waals surface area contributed by atoms with Crippen LogP contribution in [0.4, 0.5) is 0 Å². The molecule has 0 radical (unpaired) electrons. The lowest BCUT2D eigenvalue weighted by atomic mass is 10.2. The smallest absolute Gasteiger partial charge is 0.169 e. The maximum atomic E-state index is 5.35. The number of nitrogens with zero attached hydrogens (tertiary/aromatic N) is 1. The van der Waals surface area contributed by atoms with E-state index >= 15 is 0 Å². The van der Waals surface area contributed by atoms with Crippen molar-refractivity contribution in [1.29, 1.82) is 0 Å². The van der Waals surface area contributed by atoms with Crippen LogP contribution in [0.15, 0.2) is 0 Å². The Kier molecular flexibility index (Phi) is 3.97. The Bertz CT molecular complexity index is 178. The van der Waals surface area contributed by atoms with Crippen LogP contribution in [0.3, 0.4) is 0 Å². The third-order valence-electron chi connectivity index (χ3n) is 2.63. The molecule has 1 aliphatic rings. The van der Waals surface area contributed by atoms with Crippen LogP contribution in [-0.2, 0) is 0 Å². The standard InChI is InChI=1S/C10H20N2S/c1-4-8(3)12(5-2)10(13)11-9-6-7-9/h8-9H,4-7H2,1-3H3,(H,11,13). The molecule has 76 valence electrons. The summed E-state index contributed by atoms with van der Waals surface area (Å²) in [5, 5.41) is 4.32. The number of hydrogen-bond donors (Lipinski definition) is 1. The highest BCUT2D eigenvalue weighted by Gasteiger charge is 2.24. The van der Waals surface area contributed by atoms with E-state index in [0.29, 0.717) is 12.1 Å². The molecule has 0 saturated heterocycles. The average molecular weight is 200 g/mol. The third-order valence-corrected chi connectivity index (χ3v) is 2.98. The summed E-state index contributed by atoms with van der Waals surface area (Å²) in [6, 6.07) is 1.23.